The molecule has 0 saturated carbocycles. The van der Waals surface area contributed by atoms with Crippen molar-refractivity contribution >= 4 is 28.8 Å². The van der Waals surface area contributed by atoms with Gasteiger partial charge >= 0.3 is 0 Å². The van der Waals surface area contributed by atoms with Gasteiger partial charge in [0.1, 0.15) is 17.1 Å². The molecule has 1 amide bonds. The number of phenols is 1. The second-order valence-corrected chi connectivity index (χ2v) is 5.65. The largest absolute Gasteiger partial charge is 0.508 e. The molecule has 1 N–H and O–H groups in total. The average Bonchev–Trinajstić information content (AvgIpc) is 2.91. The fourth-order valence-electron chi connectivity index (χ4n) is 2.49. The van der Waals surface area contributed by atoms with Crippen LogP contribution in [0, 0.1) is 0 Å². The van der Waals surface area contributed by atoms with Gasteiger partial charge in [0, 0.05) is 30.0 Å². The van der Waals surface area contributed by atoms with E-state index in [1.54, 1.807) is 54.0 Å². The van der Waals surface area contributed by atoms with Crippen LogP contribution in [0.25, 0.3) is 5.65 Å². The fraction of sp³-hybridized carbons (Fsp3) is 0.176. The van der Waals surface area contributed by atoms with Crippen LogP contribution in [-0.2, 0) is 6.42 Å². The Balaban J connectivity index is 2.07. The summed E-state index contributed by atoms with van der Waals surface area (Å²) in [4.78, 5) is 19.0. The van der Waals surface area contributed by atoms with Gasteiger partial charge in [-0.15, -0.1) is 0 Å². The third kappa shape index (κ3) is 2.75. The predicted octanol–water partition coefficient (Wildman–Crippen LogP) is 3.53. The first-order chi connectivity index (χ1) is 11.0. The molecule has 0 aliphatic carbocycles. The Hall–Kier alpha value is -2.53. The monoisotopic (exact) mass is 329 g/mol. The zero-order valence-corrected chi connectivity index (χ0v) is 13.6. The molecular formula is C17H16ClN3O2. The van der Waals surface area contributed by atoms with Crippen LogP contribution in [0.5, 0.6) is 5.75 Å². The molecule has 0 bridgehead atoms. The van der Waals surface area contributed by atoms with E-state index in [-0.39, 0.29) is 11.7 Å². The van der Waals surface area contributed by atoms with Gasteiger partial charge < -0.3 is 10.0 Å². The normalized spacial score (nSPS) is 10.9. The summed E-state index contributed by atoms with van der Waals surface area (Å²) in [7, 11) is 1.70. The Kier molecular flexibility index (Phi) is 3.96. The summed E-state index contributed by atoms with van der Waals surface area (Å²) in [5, 5.41) is 9.96. The van der Waals surface area contributed by atoms with E-state index in [2.05, 4.69) is 4.98 Å². The summed E-state index contributed by atoms with van der Waals surface area (Å²) in [5.74, 6) is -0.00403. The number of phenolic OH excluding ortho intramolecular Hbond substituents is 1. The van der Waals surface area contributed by atoms with Gasteiger partial charge in [0.15, 0.2) is 0 Å². The molecule has 118 valence electrons. The number of halogens is 1. The van der Waals surface area contributed by atoms with Gasteiger partial charge in [-0.2, -0.15) is 0 Å². The molecule has 5 nitrogen and oxygen atoms in total. The molecule has 6 heteroatoms. The molecule has 0 aliphatic heterocycles. The SMILES string of the molecule is CCc1nc2cc(Cl)ccn2c1C(=O)N(C)c1ccc(O)cc1. The number of aromatic nitrogens is 2. The maximum absolute atomic E-state index is 12.9. The van der Waals surface area contributed by atoms with E-state index < -0.39 is 0 Å². The molecule has 3 rings (SSSR count). The van der Waals surface area contributed by atoms with Crippen LogP contribution >= 0.6 is 11.6 Å². The summed E-state index contributed by atoms with van der Waals surface area (Å²) in [6.45, 7) is 1.96. The van der Waals surface area contributed by atoms with E-state index in [0.29, 0.717) is 28.5 Å². The third-order valence-corrected chi connectivity index (χ3v) is 3.97. The number of fused-ring (bicyclic) bond motifs is 1. The highest BCUT2D eigenvalue weighted by molar-refractivity contribution is 6.30. The Morgan fingerprint density at radius 1 is 1.30 bits per heavy atom. The summed E-state index contributed by atoms with van der Waals surface area (Å²) in [6, 6.07) is 9.95. The Morgan fingerprint density at radius 3 is 2.65 bits per heavy atom. The third-order valence-electron chi connectivity index (χ3n) is 3.74. The lowest BCUT2D eigenvalue weighted by molar-refractivity contribution is 0.0986. The highest BCUT2D eigenvalue weighted by Crippen LogP contribution is 2.22. The van der Waals surface area contributed by atoms with Crippen LogP contribution < -0.4 is 4.90 Å². The number of imidazole rings is 1. The first-order valence-corrected chi connectivity index (χ1v) is 7.62. The number of carbonyl (C=O) groups excluding carboxylic acids is 1. The van der Waals surface area contributed by atoms with Crippen molar-refractivity contribution in [3.05, 3.63) is 59.0 Å². The number of rotatable bonds is 3. The molecule has 2 aromatic heterocycles. The van der Waals surface area contributed by atoms with Gasteiger partial charge in [-0.1, -0.05) is 18.5 Å². The summed E-state index contributed by atoms with van der Waals surface area (Å²) in [5.41, 5.74) is 2.59. The Bertz CT molecular complexity index is 871. The molecule has 0 unspecified atom stereocenters. The van der Waals surface area contributed by atoms with E-state index in [4.69, 9.17) is 11.6 Å². The molecule has 3 aromatic rings. The number of aryl methyl sites for hydroxylation is 1. The zero-order valence-electron chi connectivity index (χ0n) is 12.8. The number of pyridine rings is 1. The molecule has 2 heterocycles. The smallest absolute Gasteiger partial charge is 0.276 e. The Morgan fingerprint density at radius 2 is 2.00 bits per heavy atom. The van der Waals surface area contributed by atoms with Crippen LogP contribution in [0.15, 0.2) is 42.6 Å². The molecule has 0 aliphatic rings. The van der Waals surface area contributed by atoms with E-state index in [9.17, 15) is 9.90 Å². The molecule has 0 spiro atoms. The highest BCUT2D eigenvalue weighted by atomic mass is 35.5. The molecule has 23 heavy (non-hydrogen) atoms. The number of aromatic hydroxyl groups is 1. The summed E-state index contributed by atoms with van der Waals surface area (Å²) >= 11 is 6.00. The number of anilines is 1. The lowest BCUT2D eigenvalue weighted by Gasteiger charge is -2.18. The lowest BCUT2D eigenvalue weighted by atomic mass is 10.2. The van der Waals surface area contributed by atoms with Gasteiger partial charge in [-0.05, 0) is 36.8 Å². The number of nitrogens with zero attached hydrogens (tertiary/aromatic N) is 3. The van der Waals surface area contributed by atoms with Gasteiger partial charge in [-0.3, -0.25) is 9.20 Å². The van der Waals surface area contributed by atoms with Crippen molar-refractivity contribution in [3.63, 3.8) is 0 Å². The second-order valence-electron chi connectivity index (χ2n) is 5.21. The van der Waals surface area contributed by atoms with Crippen molar-refractivity contribution in [1.82, 2.24) is 9.38 Å². The van der Waals surface area contributed by atoms with Crippen LogP contribution in [0.1, 0.15) is 23.1 Å². The van der Waals surface area contributed by atoms with Crippen molar-refractivity contribution < 1.29 is 9.90 Å². The topological polar surface area (TPSA) is 57.8 Å². The maximum atomic E-state index is 12.9. The van der Waals surface area contributed by atoms with Crippen LogP contribution in [-0.4, -0.2) is 27.4 Å². The van der Waals surface area contributed by atoms with Crippen LogP contribution in [0.4, 0.5) is 5.69 Å². The molecular weight excluding hydrogens is 314 g/mol. The van der Waals surface area contributed by atoms with Crippen LogP contribution in [0.3, 0.4) is 0 Å². The zero-order chi connectivity index (χ0) is 16.6. The van der Waals surface area contributed by atoms with Crippen molar-refractivity contribution in [2.24, 2.45) is 0 Å². The average molecular weight is 330 g/mol. The molecule has 0 saturated heterocycles. The lowest BCUT2D eigenvalue weighted by Crippen LogP contribution is -2.28. The van der Waals surface area contributed by atoms with E-state index in [0.717, 1.165) is 5.69 Å². The quantitative estimate of drug-likeness (QED) is 0.799. The van der Waals surface area contributed by atoms with Crippen molar-refractivity contribution in [3.8, 4) is 5.75 Å². The van der Waals surface area contributed by atoms with Gasteiger partial charge in [-0.25, -0.2) is 4.98 Å². The fourth-order valence-corrected chi connectivity index (χ4v) is 2.65. The van der Waals surface area contributed by atoms with Gasteiger partial charge in [0.25, 0.3) is 5.91 Å². The molecule has 1 aromatic carbocycles. The van der Waals surface area contributed by atoms with Crippen molar-refractivity contribution in [2.75, 3.05) is 11.9 Å². The minimum absolute atomic E-state index is 0.160. The van der Waals surface area contributed by atoms with E-state index in [1.807, 2.05) is 6.92 Å². The maximum Gasteiger partial charge on any atom is 0.276 e. The summed E-state index contributed by atoms with van der Waals surface area (Å²) in [6.07, 6.45) is 2.39. The highest BCUT2D eigenvalue weighted by Gasteiger charge is 2.22. The number of carbonyl (C=O) groups is 1. The van der Waals surface area contributed by atoms with Crippen molar-refractivity contribution in [2.45, 2.75) is 13.3 Å². The number of hydrogen-bond acceptors (Lipinski definition) is 3. The summed E-state index contributed by atoms with van der Waals surface area (Å²) < 4.78 is 1.75. The van der Waals surface area contributed by atoms with E-state index in [1.165, 1.54) is 4.90 Å². The Labute approximate surface area is 138 Å². The van der Waals surface area contributed by atoms with E-state index >= 15 is 0 Å². The first-order valence-electron chi connectivity index (χ1n) is 7.25. The minimum atomic E-state index is -0.164. The number of amides is 1. The molecule has 0 fully saturated rings. The second kappa shape index (κ2) is 5.93. The standard InChI is InChI=1S/C17H16ClN3O2/c1-3-14-16(21-9-8-11(18)10-15(21)19-14)17(23)20(2)12-4-6-13(22)7-5-12/h4-10,22H,3H2,1-2H3. The molecule has 0 atom stereocenters. The minimum Gasteiger partial charge on any atom is -0.508 e. The number of hydrogen-bond donors (Lipinski definition) is 1. The van der Waals surface area contributed by atoms with Crippen LogP contribution in [0.2, 0.25) is 5.02 Å². The van der Waals surface area contributed by atoms with Gasteiger partial charge in [0.05, 0.1) is 5.69 Å². The van der Waals surface area contributed by atoms with Crippen molar-refractivity contribution in [1.29, 1.82) is 0 Å². The predicted molar refractivity (Wildman–Crippen MR) is 90.4 cm³/mol. The molecule has 0 radical (unpaired) electrons. The van der Waals surface area contributed by atoms with Gasteiger partial charge in [0.2, 0.25) is 0 Å². The number of benzene rings is 1. The first kappa shape index (κ1) is 15.4.